The van der Waals surface area contributed by atoms with Crippen LogP contribution in [0.5, 0.6) is 0 Å². The van der Waals surface area contributed by atoms with Gasteiger partial charge >= 0.3 is 0 Å². The Morgan fingerprint density at radius 3 is 2.37 bits per heavy atom. The van der Waals surface area contributed by atoms with Gasteiger partial charge in [-0.2, -0.15) is 0 Å². The average Bonchev–Trinajstić information content (AvgIpc) is 2.91. The number of hydrogen-bond donors (Lipinski definition) is 0. The zero-order valence-corrected chi connectivity index (χ0v) is 11.2. The number of rotatable bonds is 4. The number of benzene rings is 1. The smallest absolute Gasteiger partial charge is 0.258 e. The molecule has 2 rings (SSSR count). The highest BCUT2D eigenvalue weighted by atomic mass is 32.2. The predicted molar refractivity (Wildman–Crippen MR) is 73.6 cm³/mol. The van der Waals surface area contributed by atoms with Crippen LogP contribution in [-0.2, 0) is 9.84 Å². The molecular weight excluding hydrogens is 286 g/mol. The third-order valence-corrected chi connectivity index (χ3v) is 5.16. The summed E-state index contributed by atoms with van der Waals surface area (Å²) in [5.41, 5.74) is 0.559. The van der Waals surface area contributed by atoms with Gasteiger partial charge in [-0.05, 0) is 35.2 Å². The second-order valence-electron chi connectivity index (χ2n) is 3.63. The summed E-state index contributed by atoms with van der Waals surface area (Å²) < 4.78 is 24.0. The monoisotopic (exact) mass is 295 g/mol. The van der Waals surface area contributed by atoms with Crippen molar-refractivity contribution >= 4 is 32.9 Å². The molecule has 0 radical (unpaired) electrons. The largest absolute Gasteiger partial charge is 0.269 e. The van der Waals surface area contributed by atoms with Gasteiger partial charge < -0.3 is 0 Å². The van der Waals surface area contributed by atoms with E-state index in [1.165, 1.54) is 36.4 Å². The second kappa shape index (κ2) is 5.33. The van der Waals surface area contributed by atoms with Gasteiger partial charge in [0.1, 0.15) is 4.21 Å². The van der Waals surface area contributed by atoms with Crippen LogP contribution < -0.4 is 0 Å². The molecule has 19 heavy (non-hydrogen) atoms. The standard InChI is InChI=1S/C12H9NO4S2/c14-13(15)11-5-3-10(4-6-11)7-9-19(16,17)12-2-1-8-18-12/h1-9H/b9-7+. The number of nitro benzene ring substituents is 1. The maximum Gasteiger partial charge on any atom is 0.269 e. The molecule has 0 saturated heterocycles. The van der Waals surface area contributed by atoms with Gasteiger partial charge in [0.15, 0.2) is 0 Å². The Labute approximate surface area is 113 Å². The van der Waals surface area contributed by atoms with Crippen LogP contribution in [-0.4, -0.2) is 13.3 Å². The van der Waals surface area contributed by atoms with Gasteiger partial charge in [0, 0.05) is 17.5 Å². The fourth-order valence-electron chi connectivity index (χ4n) is 1.37. The third-order valence-electron chi connectivity index (χ3n) is 2.32. The lowest BCUT2D eigenvalue weighted by molar-refractivity contribution is -0.384. The number of non-ortho nitro benzene ring substituents is 1. The number of hydrogen-bond acceptors (Lipinski definition) is 5. The van der Waals surface area contributed by atoms with E-state index in [0.29, 0.717) is 5.56 Å². The van der Waals surface area contributed by atoms with E-state index in [-0.39, 0.29) is 9.90 Å². The molecule has 7 heteroatoms. The van der Waals surface area contributed by atoms with Crippen LogP contribution in [0.25, 0.3) is 6.08 Å². The van der Waals surface area contributed by atoms with Gasteiger partial charge in [0.25, 0.3) is 5.69 Å². The van der Waals surface area contributed by atoms with Crippen molar-refractivity contribution in [1.29, 1.82) is 0 Å². The Kier molecular flexibility index (Phi) is 3.77. The summed E-state index contributed by atoms with van der Waals surface area (Å²) in [7, 11) is -3.44. The lowest BCUT2D eigenvalue weighted by atomic mass is 10.2. The normalized spacial score (nSPS) is 11.8. The summed E-state index contributed by atoms with van der Waals surface area (Å²) in [4.78, 5) is 9.97. The Balaban J connectivity index is 2.21. The van der Waals surface area contributed by atoms with E-state index in [9.17, 15) is 18.5 Å². The molecule has 0 atom stereocenters. The Morgan fingerprint density at radius 2 is 1.84 bits per heavy atom. The van der Waals surface area contributed by atoms with Crippen LogP contribution in [0.4, 0.5) is 5.69 Å². The maximum atomic E-state index is 11.9. The van der Waals surface area contributed by atoms with Crippen molar-refractivity contribution < 1.29 is 13.3 Å². The molecular formula is C12H9NO4S2. The molecule has 0 N–H and O–H groups in total. The Morgan fingerprint density at radius 1 is 1.16 bits per heavy atom. The Hall–Kier alpha value is -1.99. The van der Waals surface area contributed by atoms with E-state index >= 15 is 0 Å². The molecule has 98 valence electrons. The lowest BCUT2D eigenvalue weighted by Gasteiger charge is -1.95. The molecule has 0 bridgehead atoms. The molecule has 0 amide bonds. The van der Waals surface area contributed by atoms with Crippen LogP contribution in [0.1, 0.15) is 5.56 Å². The molecule has 5 nitrogen and oxygen atoms in total. The SMILES string of the molecule is O=[N+]([O-])c1ccc(/C=C/S(=O)(=O)c2cccs2)cc1. The van der Waals surface area contributed by atoms with E-state index in [4.69, 9.17) is 0 Å². The summed E-state index contributed by atoms with van der Waals surface area (Å²) in [5, 5.41) is 13.3. The first-order chi connectivity index (χ1) is 8.99. The van der Waals surface area contributed by atoms with Crippen molar-refractivity contribution in [3.63, 3.8) is 0 Å². The fraction of sp³-hybridized carbons (Fsp3) is 0. The predicted octanol–water partition coefficient (Wildman–Crippen LogP) is 3.10. The molecule has 0 aliphatic carbocycles. The Bertz CT molecular complexity index is 701. The van der Waals surface area contributed by atoms with Crippen LogP contribution in [0.15, 0.2) is 51.4 Å². The van der Waals surface area contributed by atoms with Crippen molar-refractivity contribution in [3.8, 4) is 0 Å². The van der Waals surface area contributed by atoms with Crippen molar-refractivity contribution in [3.05, 3.63) is 62.9 Å². The van der Waals surface area contributed by atoms with Gasteiger partial charge in [-0.1, -0.05) is 6.07 Å². The van der Waals surface area contributed by atoms with Gasteiger partial charge in [0.2, 0.25) is 9.84 Å². The van der Waals surface area contributed by atoms with Gasteiger partial charge in [-0.15, -0.1) is 11.3 Å². The van der Waals surface area contributed by atoms with E-state index < -0.39 is 14.8 Å². The molecule has 0 aliphatic rings. The van der Waals surface area contributed by atoms with Gasteiger partial charge in [-0.3, -0.25) is 10.1 Å². The van der Waals surface area contributed by atoms with Crippen LogP contribution in [0.2, 0.25) is 0 Å². The second-order valence-corrected chi connectivity index (χ2v) is 6.64. The van der Waals surface area contributed by atoms with Crippen molar-refractivity contribution in [1.82, 2.24) is 0 Å². The minimum atomic E-state index is -3.44. The highest BCUT2D eigenvalue weighted by Gasteiger charge is 2.10. The minimum absolute atomic E-state index is 0.0294. The average molecular weight is 295 g/mol. The van der Waals surface area contributed by atoms with Crippen LogP contribution in [0, 0.1) is 10.1 Å². The topological polar surface area (TPSA) is 77.3 Å². The van der Waals surface area contributed by atoms with Crippen LogP contribution in [0.3, 0.4) is 0 Å². The summed E-state index contributed by atoms with van der Waals surface area (Å²) in [5.74, 6) is 0. The van der Waals surface area contributed by atoms with E-state index in [1.54, 1.807) is 11.4 Å². The van der Waals surface area contributed by atoms with E-state index in [2.05, 4.69) is 0 Å². The molecule has 1 aromatic heterocycles. The number of nitro groups is 1. The van der Waals surface area contributed by atoms with Crippen molar-refractivity contribution in [2.24, 2.45) is 0 Å². The van der Waals surface area contributed by atoms with Gasteiger partial charge in [-0.25, -0.2) is 8.42 Å². The number of nitrogens with zero attached hydrogens (tertiary/aromatic N) is 1. The quantitative estimate of drug-likeness (QED) is 0.641. The van der Waals surface area contributed by atoms with Crippen molar-refractivity contribution in [2.75, 3.05) is 0 Å². The molecule has 1 aromatic carbocycles. The minimum Gasteiger partial charge on any atom is -0.258 e. The molecule has 0 saturated carbocycles. The number of sulfone groups is 1. The highest BCUT2D eigenvalue weighted by molar-refractivity contribution is 7.96. The third kappa shape index (κ3) is 3.27. The molecule has 0 aliphatic heterocycles. The summed E-state index contributed by atoms with van der Waals surface area (Å²) >= 11 is 1.14. The zero-order chi connectivity index (χ0) is 13.9. The molecule has 0 unspecified atom stereocenters. The first kappa shape index (κ1) is 13.4. The number of thiophene rings is 1. The summed E-state index contributed by atoms with van der Waals surface area (Å²) in [6.45, 7) is 0. The first-order valence-corrected chi connectivity index (χ1v) is 7.63. The zero-order valence-electron chi connectivity index (χ0n) is 9.59. The molecule has 1 heterocycles. The first-order valence-electron chi connectivity index (χ1n) is 5.20. The molecule has 0 fully saturated rings. The molecule has 2 aromatic rings. The summed E-state index contributed by atoms with van der Waals surface area (Å²) in [6, 6.07) is 8.85. The lowest BCUT2D eigenvalue weighted by Crippen LogP contribution is -1.92. The van der Waals surface area contributed by atoms with E-state index in [1.807, 2.05) is 0 Å². The van der Waals surface area contributed by atoms with Gasteiger partial charge in [0.05, 0.1) is 4.92 Å². The highest BCUT2D eigenvalue weighted by Crippen LogP contribution is 2.20. The van der Waals surface area contributed by atoms with Crippen molar-refractivity contribution in [2.45, 2.75) is 4.21 Å². The maximum absolute atomic E-state index is 11.9. The summed E-state index contributed by atoms with van der Waals surface area (Å²) in [6.07, 6.45) is 1.42. The van der Waals surface area contributed by atoms with Crippen LogP contribution >= 0.6 is 11.3 Å². The van der Waals surface area contributed by atoms with E-state index in [0.717, 1.165) is 16.7 Å². The fourth-order valence-corrected chi connectivity index (χ4v) is 3.42. The molecule has 0 spiro atoms.